The van der Waals surface area contributed by atoms with Crippen LogP contribution >= 0.6 is 11.3 Å². The molecule has 4 N–H and O–H groups in total. The van der Waals surface area contributed by atoms with Crippen molar-refractivity contribution in [2.45, 2.75) is 167 Å². The van der Waals surface area contributed by atoms with Crippen molar-refractivity contribution >= 4 is 49.6 Å². The van der Waals surface area contributed by atoms with Crippen LogP contribution in [0.15, 0.2) is 59.0 Å². The number of ether oxygens (including phenoxy) is 6. The van der Waals surface area contributed by atoms with Gasteiger partial charge in [-0.05, 0) is 94.4 Å². The number of aliphatic hydroxyl groups excluding tert-OH is 1. The number of alkyl carbamates (subject to hydrolysis) is 1. The number of hydrogen-bond donors (Lipinski definition) is 4. The zero-order valence-corrected chi connectivity index (χ0v) is 46.9. The number of carbonyl (C=O) groups is 5. The van der Waals surface area contributed by atoms with E-state index in [1.807, 2.05) is 20.8 Å². The van der Waals surface area contributed by atoms with Crippen molar-refractivity contribution in [1.29, 1.82) is 1.43 Å². The van der Waals surface area contributed by atoms with Gasteiger partial charge < -0.3 is 53.5 Å². The van der Waals surface area contributed by atoms with Crippen LogP contribution < -0.4 is 5.32 Å². The summed E-state index contributed by atoms with van der Waals surface area (Å²) in [6.45, 7) is 18.4. The predicted octanol–water partition coefficient (Wildman–Crippen LogP) is 6.96. The minimum Gasteiger partial charge on any atom is -0.456 e. The van der Waals surface area contributed by atoms with Crippen molar-refractivity contribution in [3.63, 3.8) is 0 Å². The number of amides is 1. The number of thiophene rings is 1. The minimum absolute atomic E-state index is 0. The quantitative estimate of drug-likeness (QED) is 0.0613. The van der Waals surface area contributed by atoms with E-state index >= 15 is 9.59 Å². The van der Waals surface area contributed by atoms with Gasteiger partial charge in [0, 0.05) is 73.1 Å². The monoisotopic (exact) mass is 1190 g/mol. The van der Waals surface area contributed by atoms with Crippen LogP contribution in [0.3, 0.4) is 0 Å². The molecule has 1 saturated heterocycles. The Morgan fingerprint density at radius 1 is 0.985 bits per heavy atom. The molecule has 16 nitrogen and oxygen atoms in total. The third-order valence-electron chi connectivity index (χ3n) is 14.7. The second kappa shape index (κ2) is 20.9. The van der Waals surface area contributed by atoms with E-state index in [-0.39, 0.29) is 80.4 Å². The fourth-order valence-electron chi connectivity index (χ4n) is 10.6. The number of ketones is 1. The second-order valence-electron chi connectivity index (χ2n) is 19.7. The number of carbonyl (C=O) groups excluding carboxylic acids is 5. The van der Waals surface area contributed by atoms with Gasteiger partial charge in [0.15, 0.2) is 26.3 Å². The van der Waals surface area contributed by atoms with Crippen LogP contribution in [0.25, 0.3) is 0 Å². The van der Waals surface area contributed by atoms with E-state index in [0.717, 1.165) is 0 Å². The molecule has 367 valence electrons. The molecule has 6 rings (SSSR count). The van der Waals surface area contributed by atoms with Crippen molar-refractivity contribution in [3.05, 3.63) is 69.4 Å². The summed E-state index contributed by atoms with van der Waals surface area (Å²) in [7, 11) is -2.73. The number of hydrogen-bond acceptors (Lipinski definition) is 16. The number of benzene rings is 1. The molecule has 1 aromatic carbocycles. The summed E-state index contributed by atoms with van der Waals surface area (Å²) < 4.78 is 50.9. The normalized spacial score (nSPS) is 31.1. The largest absolute Gasteiger partial charge is 0.509 e. The van der Waals surface area contributed by atoms with Crippen LogP contribution in [0.5, 0.6) is 0 Å². The number of esters is 2. The standard InChI is InChI=1S/C48H67NO15SSi.Ac/c1-12-58-43(55)61-35-33-27(5)29(60-41(53)36(64-66(13-2,14-3)15-4)34(30-22-19-23-65-30)49-42(54)63-44(6,7)8)25-48(57,45(33,9)10)39(62-40(52)28-20-17-16-18-21-28)37-46(11,38(35)51)31(50)24-32-47(37,56)26-59-32;/h16-23,29,31-32,34-37,39,50,56-57H,12-15,24-26H2,1-11H3,(H,49,54);/t29-,31-,32+,34-,35+,36+,37?,39-,46+,47-,48+;/m0./s1/i50D;. The van der Waals surface area contributed by atoms with E-state index in [2.05, 4.69) is 5.32 Å². The van der Waals surface area contributed by atoms with Crippen molar-refractivity contribution in [2.24, 2.45) is 16.7 Å². The van der Waals surface area contributed by atoms with Gasteiger partial charge in [-0.2, -0.15) is 0 Å². The number of nitrogens with one attached hydrogen (secondary N) is 1. The van der Waals surface area contributed by atoms with Gasteiger partial charge in [0.25, 0.3) is 0 Å². The molecule has 2 heterocycles. The predicted molar refractivity (Wildman–Crippen MR) is 244 cm³/mol. The molecular formula is C48H67AcNO15SSi. The molecule has 2 aromatic rings. The zero-order chi connectivity index (χ0) is 49.5. The van der Waals surface area contributed by atoms with Gasteiger partial charge in [0.2, 0.25) is 1.43 Å². The van der Waals surface area contributed by atoms with Crippen molar-refractivity contribution < 1.29 is 116 Å². The fourth-order valence-corrected chi connectivity index (χ4v) is 14.2. The van der Waals surface area contributed by atoms with Crippen molar-refractivity contribution in [1.82, 2.24) is 5.32 Å². The average Bonchev–Trinajstić information content (AvgIpc) is 3.81. The molecule has 4 aliphatic rings. The third-order valence-corrected chi connectivity index (χ3v) is 20.2. The summed E-state index contributed by atoms with van der Waals surface area (Å²) in [6, 6.07) is 12.2. The molecule has 67 heavy (non-hydrogen) atoms. The maximum Gasteiger partial charge on any atom is 0.509 e. The van der Waals surface area contributed by atoms with Crippen LogP contribution in [-0.2, 0) is 42.4 Å². The van der Waals surface area contributed by atoms with E-state index in [1.54, 1.807) is 84.2 Å². The van der Waals surface area contributed by atoms with Crippen LogP contribution in [0.2, 0.25) is 18.1 Å². The third kappa shape index (κ3) is 10.2. The Balaban J connectivity index is 0.00000864. The minimum atomic E-state index is -2.73. The van der Waals surface area contributed by atoms with E-state index in [0.29, 0.717) is 23.0 Å². The number of rotatable bonds is 15. The Morgan fingerprint density at radius 3 is 2.18 bits per heavy atom. The molecule has 19 heteroatoms. The fraction of sp³-hybridized carbons (Fsp3) is 0.646. The molecule has 1 amide bonds. The van der Waals surface area contributed by atoms with Crippen LogP contribution in [0, 0.1) is 60.8 Å². The first kappa shape index (κ1) is 53.6. The van der Waals surface area contributed by atoms with Gasteiger partial charge in [-0.1, -0.05) is 58.9 Å². The molecule has 11 atom stereocenters. The van der Waals surface area contributed by atoms with Gasteiger partial charge in [0.1, 0.15) is 35.1 Å². The Kier molecular flexibility index (Phi) is 16.7. The van der Waals surface area contributed by atoms with E-state index < -0.39 is 121 Å². The molecule has 2 bridgehead atoms. The van der Waals surface area contributed by atoms with Gasteiger partial charge >= 0.3 is 24.2 Å². The molecular weight excluding hydrogens is 1120 g/mol. The Labute approximate surface area is 435 Å². The summed E-state index contributed by atoms with van der Waals surface area (Å²) in [4.78, 5) is 73.1. The number of Topliss-reactive ketones (excluding diaryl/α,β-unsaturated/α-hetero) is 1. The first-order valence-electron chi connectivity index (χ1n) is 23.3. The van der Waals surface area contributed by atoms with Gasteiger partial charge in [-0.3, -0.25) is 4.79 Å². The smallest absolute Gasteiger partial charge is 0.456 e. The maximum atomic E-state index is 15.8. The average molecular weight is 1190 g/mol. The first-order chi connectivity index (χ1) is 31.4. The number of fused-ring (bicyclic) bond motifs is 5. The molecule has 1 unspecified atom stereocenters. The summed E-state index contributed by atoms with van der Waals surface area (Å²) in [6.07, 6.45) is -11.6. The SMILES string of the molecule is [2H]O[C@H]1C[C@H]2OC[C@@]2(O)C2[C@H](OC(=O)c3ccccc3)[C@]3(O)C[C@H](OC(=O)[C@H](O[Si](CC)(CC)CC)[C@@H](NC(=O)OC(C)(C)C)c4cccs4)C(C)=C([C@@H](OC(=O)OCC)C(=O)[C@@]21C)C3(C)C.[Ac]. The van der Waals surface area contributed by atoms with E-state index in [9.17, 15) is 24.6 Å². The molecule has 1 aliphatic heterocycles. The Morgan fingerprint density at radius 2 is 1.64 bits per heavy atom. The van der Waals surface area contributed by atoms with Crippen LogP contribution in [0.4, 0.5) is 9.59 Å². The number of aliphatic hydroxyl groups is 3. The van der Waals surface area contributed by atoms with Gasteiger partial charge in [-0.25, -0.2) is 19.2 Å². The van der Waals surface area contributed by atoms with E-state index in [1.165, 1.54) is 30.4 Å². The van der Waals surface area contributed by atoms with Crippen molar-refractivity contribution in [2.75, 3.05) is 13.2 Å². The Hall–Kier alpha value is -2.73. The molecule has 3 fully saturated rings. The van der Waals surface area contributed by atoms with Gasteiger partial charge in [-0.15, -0.1) is 11.3 Å². The topological polar surface area (TPSA) is 223 Å². The van der Waals surface area contributed by atoms with Crippen LogP contribution in [0.1, 0.15) is 110 Å². The summed E-state index contributed by atoms with van der Waals surface area (Å²) in [5.41, 5.74) is -8.58. The second-order valence-corrected chi connectivity index (χ2v) is 25.4. The molecule has 1 aromatic heterocycles. The summed E-state index contributed by atoms with van der Waals surface area (Å²) in [5.74, 6) is -4.24. The molecule has 3 aliphatic carbocycles. The summed E-state index contributed by atoms with van der Waals surface area (Å²) in [5, 5.41) is 36.6. The van der Waals surface area contributed by atoms with Crippen molar-refractivity contribution in [3.8, 4) is 0 Å². The summed E-state index contributed by atoms with van der Waals surface area (Å²) >= 11 is 1.29. The van der Waals surface area contributed by atoms with E-state index in [4.69, 9.17) is 39.4 Å². The zero-order valence-electron chi connectivity index (χ0n) is 41.4. The molecule has 0 spiro atoms. The maximum absolute atomic E-state index is 15.8. The Bertz CT molecular complexity index is 2180. The first-order valence-corrected chi connectivity index (χ1v) is 26.3. The molecule has 1 radical (unpaired) electrons. The van der Waals surface area contributed by atoms with Crippen LogP contribution in [-0.4, -0.2) is 122 Å². The van der Waals surface area contributed by atoms with Gasteiger partial charge in [0.05, 0.1) is 36.4 Å². The molecule has 2 saturated carbocycles.